The summed E-state index contributed by atoms with van der Waals surface area (Å²) in [7, 11) is 0. The van der Waals surface area contributed by atoms with Gasteiger partial charge >= 0.3 is 6.03 Å². The van der Waals surface area contributed by atoms with Crippen LogP contribution in [0, 0.1) is 0 Å². The van der Waals surface area contributed by atoms with Crippen LogP contribution in [0.2, 0.25) is 0 Å². The topological polar surface area (TPSA) is 133 Å². The molecular weight excluding hydrogens is 346 g/mol. The summed E-state index contributed by atoms with van der Waals surface area (Å²) >= 11 is 1.22. The van der Waals surface area contributed by atoms with E-state index in [4.69, 9.17) is 0 Å². The number of aromatic nitrogens is 4. The van der Waals surface area contributed by atoms with Crippen LogP contribution in [0.1, 0.15) is 12.8 Å². The third-order valence-corrected chi connectivity index (χ3v) is 4.53. The van der Waals surface area contributed by atoms with Crippen molar-refractivity contribution in [3.8, 4) is 0 Å². The van der Waals surface area contributed by atoms with Crippen molar-refractivity contribution in [1.29, 1.82) is 0 Å². The lowest BCUT2D eigenvalue weighted by molar-refractivity contribution is -0.121. The Morgan fingerprint density at radius 1 is 1.20 bits per heavy atom. The van der Waals surface area contributed by atoms with E-state index in [-0.39, 0.29) is 30.6 Å². The summed E-state index contributed by atoms with van der Waals surface area (Å²) in [5.74, 6) is -0.257. The molecule has 10 nitrogen and oxygen atoms in total. The van der Waals surface area contributed by atoms with Gasteiger partial charge in [0, 0.05) is 18.5 Å². The molecule has 1 fully saturated rings. The average Bonchev–Trinajstić information content (AvgIpc) is 3.28. The van der Waals surface area contributed by atoms with Crippen LogP contribution in [-0.4, -0.2) is 38.0 Å². The molecule has 2 aromatic heterocycles. The van der Waals surface area contributed by atoms with Gasteiger partial charge in [-0.1, -0.05) is 11.3 Å². The molecule has 0 bridgehead atoms. The fourth-order valence-corrected chi connectivity index (χ4v) is 3.45. The molecule has 0 atom stereocenters. The van der Waals surface area contributed by atoms with Gasteiger partial charge in [0.15, 0.2) is 5.13 Å². The zero-order valence-corrected chi connectivity index (χ0v) is 13.5. The van der Waals surface area contributed by atoms with Crippen molar-refractivity contribution in [3.63, 3.8) is 0 Å². The van der Waals surface area contributed by atoms with Crippen LogP contribution in [0.5, 0.6) is 0 Å². The maximum Gasteiger partial charge on any atom is 0.326 e. The number of nitrogens with one attached hydrogen (secondary N) is 3. The van der Waals surface area contributed by atoms with Crippen molar-refractivity contribution < 1.29 is 14.4 Å². The number of carbonyl (C=O) groups is 3. The highest BCUT2D eigenvalue weighted by Gasteiger charge is 2.32. The minimum atomic E-state index is -0.481. The summed E-state index contributed by atoms with van der Waals surface area (Å²) in [6.45, 7) is 0. The molecule has 4 rings (SSSR count). The van der Waals surface area contributed by atoms with Gasteiger partial charge in [0.05, 0.1) is 10.2 Å². The number of imide groups is 1. The molecule has 1 aliphatic heterocycles. The number of H-pyrrole nitrogens is 1. The molecule has 0 spiro atoms. The second-order valence-corrected chi connectivity index (χ2v) is 6.22. The summed E-state index contributed by atoms with van der Waals surface area (Å²) in [6.07, 6.45) is 1.70. The molecule has 0 saturated carbocycles. The smallest absolute Gasteiger partial charge is 0.308 e. The number of urea groups is 1. The summed E-state index contributed by atoms with van der Waals surface area (Å²) in [5, 5.41) is 11.7. The standard InChI is InChI=1S/C14H11N7O3S/c22-10-3-4-11(23)21(10)14-18-8-2-1-7(5-9(8)25-14)17-13(24)19-12-15-6-16-20-12/h1-2,5-6H,3-4H2,(H3,15,16,17,19,20,24). The molecule has 3 heterocycles. The Morgan fingerprint density at radius 3 is 2.72 bits per heavy atom. The van der Waals surface area contributed by atoms with Crippen molar-refractivity contribution in [3.05, 3.63) is 24.5 Å². The minimum absolute atomic E-state index is 0.212. The zero-order chi connectivity index (χ0) is 17.4. The van der Waals surface area contributed by atoms with E-state index in [1.165, 1.54) is 17.7 Å². The molecule has 3 aromatic rings. The van der Waals surface area contributed by atoms with Gasteiger partial charge in [-0.05, 0) is 18.2 Å². The van der Waals surface area contributed by atoms with Crippen LogP contribution in [0.4, 0.5) is 21.6 Å². The SMILES string of the molecule is O=C(Nc1ccc2nc(N3C(=O)CCC3=O)sc2c1)Nc1ncn[nH]1. The second-order valence-electron chi connectivity index (χ2n) is 5.22. The predicted molar refractivity (Wildman–Crippen MR) is 90.4 cm³/mol. The number of carbonyl (C=O) groups excluding carboxylic acids is 3. The largest absolute Gasteiger partial charge is 0.326 e. The first-order valence-electron chi connectivity index (χ1n) is 7.30. The van der Waals surface area contributed by atoms with Gasteiger partial charge in [-0.2, -0.15) is 10.1 Å². The highest BCUT2D eigenvalue weighted by Crippen LogP contribution is 2.33. The number of benzene rings is 1. The number of rotatable bonds is 3. The first-order chi connectivity index (χ1) is 12.1. The Bertz CT molecular complexity index is 966. The Hall–Kier alpha value is -3.34. The zero-order valence-electron chi connectivity index (χ0n) is 12.6. The van der Waals surface area contributed by atoms with Crippen LogP contribution in [0.3, 0.4) is 0 Å². The van der Waals surface area contributed by atoms with Crippen LogP contribution >= 0.6 is 11.3 Å². The van der Waals surface area contributed by atoms with Crippen LogP contribution in [-0.2, 0) is 9.59 Å². The van der Waals surface area contributed by atoms with Gasteiger partial charge in [-0.3, -0.25) is 14.9 Å². The molecule has 4 amide bonds. The molecule has 126 valence electrons. The number of amides is 4. The number of anilines is 3. The third-order valence-electron chi connectivity index (χ3n) is 3.52. The maximum atomic E-state index is 11.9. The first kappa shape index (κ1) is 15.2. The number of fused-ring (bicyclic) bond motifs is 1. The number of nitrogens with zero attached hydrogens (tertiary/aromatic N) is 4. The third kappa shape index (κ3) is 2.92. The number of hydrogen-bond acceptors (Lipinski definition) is 7. The van der Waals surface area contributed by atoms with E-state index in [0.717, 1.165) is 9.60 Å². The van der Waals surface area contributed by atoms with Gasteiger partial charge in [-0.15, -0.1) is 0 Å². The predicted octanol–water partition coefficient (Wildman–Crippen LogP) is 1.71. The summed E-state index contributed by atoms with van der Waals surface area (Å²) in [5.41, 5.74) is 1.19. The fourth-order valence-electron chi connectivity index (χ4n) is 2.41. The summed E-state index contributed by atoms with van der Waals surface area (Å²) in [4.78, 5) is 44.8. The lowest BCUT2D eigenvalue weighted by atomic mass is 10.3. The molecule has 1 saturated heterocycles. The molecule has 1 aromatic carbocycles. The number of thiazole rings is 1. The quantitative estimate of drug-likeness (QED) is 0.611. The highest BCUT2D eigenvalue weighted by atomic mass is 32.1. The first-order valence-corrected chi connectivity index (χ1v) is 8.11. The molecule has 1 aliphatic rings. The van der Waals surface area contributed by atoms with E-state index in [2.05, 4.69) is 30.8 Å². The Morgan fingerprint density at radius 2 is 2.00 bits per heavy atom. The number of aromatic amines is 1. The lowest BCUT2D eigenvalue weighted by Crippen LogP contribution is -2.28. The second kappa shape index (κ2) is 5.94. The number of hydrogen-bond donors (Lipinski definition) is 3. The van der Waals surface area contributed by atoms with E-state index >= 15 is 0 Å². The van der Waals surface area contributed by atoms with Gasteiger partial charge in [0.1, 0.15) is 6.33 Å². The van der Waals surface area contributed by atoms with E-state index in [9.17, 15) is 14.4 Å². The molecule has 11 heteroatoms. The van der Waals surface area contributed by atoms with Crippen molar-refractivity contribution in [2.75, 3.05) is 15.5 Å². The minimum Gasteiger partial charge on any atom is -0.308 e. The Kier molecular flexibility index (Phi) is 3.61. The van der Waals surface area contributed by atoms with Crippen molar-refractivity contribution in [1.82, 2.24) is 20.2 Å². The van der Waals surface area contributed by atoms with E-state index in [0.29, 0.717) is 16.3 Å². The Balaban J connectivity index is 1.55. The van der Waals surface area contributed by atoms with Gasteiger partial charge in [0.25, 0.3) is 0 Å². The Labute approximate surface area is 144 Å². The van der Waals surface area contributed by atoms with Crippen LogP contribution in [0.15, 0.2) is 24.5 Å². The molecule has 0 aliphatic carbocycles. The van der Waals surface area contributed by atoms with Crippen LogP contribution in [0.25, 0.3) is 10.2 Å². The van der Waals surface area contributed by atoms with Gasteiger partial charge in [-0.25, -0.2) is 19.8 Å². The molecule has 0 unspecified atom stereocenters. The molecular formula is C14H11N7O3S. The van der Waals surface area contributed by atoms with E-state index in [1.807, 2.05) is 0 Å². The van der Waals surface area contributed by atoms with Crippen LogP contribution < -0.4 is 15.5 Å². The monoisotopic (exact) mass is 357 g/mol. The van der Waals surface area contributed by atoms with Crippen molar-refractivity contribution in [2.24, 2.45) is 0 Å². The van der Waals surface area contributed by atoms with Crippen molar-refractivity contribution in [2.45, 2.75) is 12.8 Å². The summed E-state index contributed by atoms with van der Waals surface area (Å²) in [6, 6.07) is 4.64. The fraction of sp³-hybridized carbons (Fsp3) is 0.143. The van der Waals surface area contributed by atoms with Gasteiger partial charge in [0.2, 0.25) is 17.8 Å². The molecule has 3 N–H and O–H groups in total. The summed E-state index contributed by atoms with van der Waals surface area (Å²) < 4.78 is 0.750. The molecule has 0 radical (unpaired) electrons. The lowest BCUT2D eigenvalue weighted by Gasteiger charge is -2.07. The van der Waals surface area contributed by atoms with Crippen molar-refractivity contribution >= 4 is 56.2 Å². The molecule has 25 heavy (non-hydrogen) atoms. The van der Waals surface area contributed by atoms with E-state index in [1.54, 1.807) is 18.2 Å². The van der Waals surface area contributed by atoms with E-state index < -0.39 is 6.03 Å². The normalized spacial score (nSPS) is 14.3. The highest BCUT2D eigenvalue weighted by molar-refractivity contribution is 7.22. The maximum absolute atomic E-state index is 11.9. The van der Waals surface area contributed by atoms with Gasteiger partial charge < -0.3 is 5.32 Å². The average molecular weight is 357 g/mol.